The maximum Gasteiger partial charge on any atom is 0.0912 e. The third kappa shape index (κ3) is 3.40. The molecule has 96 valence electrons. The van der Waals surface area contributed by atoms with E-state index >= 15 is 0 Å². The van der Waals surface area contributed by atoms with Crippen LogP contribution in [-0.2, 0) is 0 Å². The molecule has 0 spiro atoms. The summed E-state index contributed by atoms with van der Waals surface area (Å²) >= 11 is 0. The van der Waals surface area contributed by atoms with Crippen molar-refractivity contribution in [3.8, 4) is 6.07 Å². The lowest BCUT2D eigenvalue weighted by Crippen LogP contribution is -2.06. The molecule has 18 heavy (non-hydrogen) atoms. The first-order chi connectivity index (χ1) is 8.63. The van der Waals surface area contributed by atoms with Crippen molar-refractivity contribution in [3.05, 3.63) is 29.4 Å². The average Bonchev–Trinajstić information content (AvgIpc) is 2.42. The summed E-state index contributed by atoms with van der Waals surface area (Å²) in [6, 6.07) is 2.01. The zero-order valence-corrected chi connectivity index (χ0v) is 11.6. The standard InChI is InChI=1S/C15H21N3/c1-5-11(3)14-10-17-15(12(4)6-2)13(18-14)8-7-9-16/h7-8,10-12H,5-6H2,1-4H3/b8-7+. The summed E-state index contributed by atoms with van der Waals surface area (Å²) in [5.41, 5.74) is 2.82. The predicted octanol–water partition coefficient (Wildman–Crippen LogP) is 4.04. The molecule has 0 amide bonds. The average molecular weight is 243 g/mol. The van der Waals surface area contributed by atoms with E-state index in [1.165, 1.54) is 6.08 Å². The smallest absolute Gasteiger partial charge is 0.0912 e. The van der Waals surface area contributed by atoms with E-state index in [1.54, 1.807) is 6.08 Å². The molecule has 0 radical (unpaired) electrons. The molecule has 0 N–H and O–H groups in total. The highest BCUT2D eigenvalue weighted by molar-refractivity contribution is 5.51. The Hall–Kier alpha value is -1.69. The van der Waals surface area contributed by atoms with Gasteiger partial charge in [-0.05, 0) is 24.8 Å². The van der Waals surface area contributed by atoms with Crippen molar-refractivity contribution in [3.63, 3.8) is 0 Å². The summed E-state index contributed by atoms with van der Waals surface area (Å²) in [5.74, 6) is 0.763. The highest BCUT2D eigenvalue weighted by Crippen LogP contribution is 2.23. The lowest BCUT2D eigenvalue weighted by atomic mass is 10.0. The van der Waals surface area contributed by atoms with Gasteiger partial charge in [0.25, 0.3) is 0 Å². The quantitative estimate of drug-likeness (QED) is 0.733. The summed E-state index contributed by atoms with van der Waals surface area (Å²) < 4.78 is 0. The Morgan fingerprint density at radius 3 is 2.50 bits per heavy atom. The van der Waals surface area contributed by atoms with E-state index in [-0.39, 0.29) is 0 Å². The van der Waals surface area contributed by atoms with E-state index in [9.17, 15) is 0 Å². The van der Waals surface area contributed by atoms with Gasteiger partial charge in [0.1, 0.15) is 0 Å². The van der Waals surface area contributed by atoms with Crippen LogP contribution in [0.1, 0.15) is 69.5 Å². The van der Waals surface area contributed by atoms with Gasteiger partial charge in [0.15, 0.2) is 0 Å². The number of hydrogen-bond acceptors (Lipinski definition) is 3. The summed E-state index contributed by atoms with van der Waals surface area (Å²) in [5, 5.41) is 8.65. The molecular formula is C15H21N3. The summed E-state index contributed by atoms with van der Waals surface area (Å²) in [7, 11) is 0. The van der Waals surface area contributed by atoms with Crippen LogP contribution in [0, 0.1) is 11.3 Å². The fourth-order valence-electron chi connectivity index (χ4n) is 1.69. The zero-order chi connectivity index (χ0) is 13.5. The number of allylic oxidation sites excluding steroid dienone is 1. The Bertz CT molecular complexity index is 457. The molecule has 1 rings (SSSR count). The van der Waals surface area contributed by atoms with Crippen LogP contribution >= 0.6 is 0 Å². The molecule has 2 atom stereocenters. The molecule has 1 aromatic heterocycles. The first kappa shape index (κ1) is 14.4. The van der Waals surface area contributed by atoms with Crippen molar-refractivity contribution >= 4 is 6.08 Å². The molecule has 1 aromatic rings. The Kier molecular flexibility index (Phi) is 5.51. The monoisotopic (exact) mass is 243 g/mol. The second-order valence-corrected chi connectivity index (χ2v) is 4.65. The molecular weight excluding hydrogens is 222 g/mol. The van der Waals surface area contributed by atoms with E-state index in [0.717, 1.165) is 29.9 Å². The molecule has 3 heteroatoms. The van der Waals surface area contributed by atoms with Crippen molar-refractivity contribution < 1.29 is 0 Å². The molecule has 0 aromatic carbocycles. The summed E-state index contributed by atoms with van der Waals surface area (Å²) in [6.07, 6.45) is 7.17. The normalized spacial score (nSPS) is 14.4. The van der Waals surface area contributed by atoms with E-state index in [2.05, 4.69) is 37.7 Å². The van der Waals surface area contributed by atoms with Gasteiger partial charge in [-0.15, -0.1) is 0 Å². The van der Waals surface area contributed by atoms with Crippen LogP contribution in [0.5, 0.6) is 0 Å². The van der Waals surface area contributed by atoms with Crippen LogP contribution < -0.4 is 0 Å². The van der Waals surface area contributed by atoms with E-state index in [0.29, 0.717) is 11.8 Å². The van der Waals surface area contributed by atoms with E-state index in [4.69, 9.17) is 5.26 Å². The molecule has 0 saturated heterocycles. The molecule has 2 unspecified atom stereocenters. The molecule has 0 fully saturated rings. The first-order valence-corrected chi connectivity index (χ1v) is 6.56. The number of aromatic nitrogens is 2. The SMILES string of the molecule is CCC(C)c1cnc(C(C)CC)c(/C=C/C#N)n1. The maximum absolute atomic E-state index is 8.65. The number of nitrogens with zero attached hydrogens (tertiary/aromatic N) is 3. The highest BCUT2D eigenvalue weighted by Gasteiger charge is 2.13. The second-order valence-electron chi connectivity index (χ2n) is 4.65. The Balaban J connectivity index is 3.20. The lowest BCUT2D eigenvalue weighted by molar-refractivity contribution is 0.670. The third-order valence-corrected chi connectivity index (χ3v) is 3.36. The van der Waals surface area contributed by atoms with Gasteiger partial charge in [0, 0.05) is 18.2 Å². The lowest BCUT2D eigenvalue weighted by Gasteiger charge is -2.14. The van der Waals surface area contributed by atoms with Gasteiger partial charge >= 0.3 is 0 Å². The van der Waals surface area contributed by atoms with Gasteiger partial charge < -0.3 is 0 Å². The van der Waals surface area contributed by atoms with Crippen molar-refractivity contribution in [2.24, 2.45) is 0 Å². The minimum Gasteiger partial charge on any atom is -0.257 e. The largest absolute Gasteiger partial charge is 0.257 e. The Labute approximate surface area is 110 Å². The predicted molar refractivity (Wildman–Crippen MR) is 74.1 cm³/mol. The molecule has 0 saturated carbocycles. The van der Waals surface area contributed by atoms with Gasteiger partial charge in [-0.2, -0.15) is 5.26 Å². The minimum atomic E-state index is 0.363. The molecule has 0 aliphatic carbocycles. The zero-order valence-electron chi connectivity index (χ0n) is 11.6. The van der Waals surface area contributed by atoms with Crippen LogP contribution in [0.4, 0.5) is 0 Å². The number of rotatable bonds is 5. The fraction of sp³-hybridized carbons (Fsp3) is 0.533. The van der Waals surface area contributed by atoms with Crippen LogP contribution in [-0.4, -0.2) is 9.97 Å². The summed E-state index contributed by atoms with van der Waals surface area (Å²) in [4.78, 5) is 9.20. The van der Waals surface area contributed by atoms with Crippen LogP contribution in [0.2, 0.25) is 0 Å². The Morgan fingerprint density at radius 1 is 1.28 bits per heavy atom. The molecule has 0 bridgehead atoms. The third-order valence-electron chi connectivity index (χ3n) is 3.36. The fourth-order valence-corrected chi connectivity index (χ4v) is 1.69. The number of nitriles is 1. The topological polar surface area (TPSA) is 49.6 Å². The molecule has 0 aliphatic rings. The van der Waals surface area contributed by atoms with Gasteiger partial charge in [0.05, 0.1) is 23.2 Å². The van der Waals surface area contributed by atoms with Crippen molar-refractivity contribution in [2.45, 2.75) is 52.4 Å². The number of hydrogen-bond donors (Lipinski definition) is 0. The van der Waals surface area contributed by atoms with E-state index < -0.39 is 0 Å². The molecule has 3 nitrogen and oxygen atoms in total. The highest BCUT2D eigenvalue weighted by atomic mass is 14.8. The van der Waals surface area contributed by atoms with Gasteiger partial charge in [-0.25, -0.2) is 4.98 Å². The van der Waals surface area contributed by atoms with Gasteiger partial charge in [-0.3, -0.25) is 4.98 Å². The van der Waals surface area contributed by atoms with Crippen LogP contribution in [0.3, 0.4) is 0 Å². The van der Waals surface area contributed by atoms with Crippen molar-refractivity contribution in [1.82, 2.24) is 9.97 Å². The van der Waals surface area contributed by atoms with Gasteiger partial charge in [0.2, 0.25) is 0 Å². The van der Waals surface area contributed by atoms with Crippen LogP contribution in [0.25, 0.3) is 6.08 Å². The summed E-state index contributed by atoms with van der Waals surface area (Å²) in [6.45, 7) is 8.55. The van der Waals surface area contributed by atoms with Crippen LogP contribution in [0.15, 0.2) is 12.3 Å². The Morgan fingerprint density at radius 2 is 1.94 bits per heavy atom. The van der Waals surface area contributed by atoms with Crippen molar-refractivity contribution in [2.75, 3.05) is 0 Å². The first-order valence-electron chi connectivity index (χ1n) is 6.56. The molecule has 0 aliphatic heterocycles. The van der Waals surface area contributed by atoms with Crippen molar-refractivity contribution in [1.29, 1.82) is 5.26 Å². The minimum absolute atomic E-state index is 0.363. The molecule has 1 heterocycles. The second kappa shape index (κ2) is 6.90. The van der Waals surface area contributed by atoms with E-state index in [1.807, 2.05) is 12.3 Å². The maximum atomic E-state index is 8.65. The van der Waals surface area contributed by atoms with Gasteiger partial charge in [-0.1, -0.05) is 27.7 Å².